The standard InChI is InChI=1S/C21H17F4NO4/c1-12-18(11-29-15-4-2-3-13(9-15)5-8-19(27)28)30-20(26-12)14-6-7-16(17(22)10-14)21(23,24)25/h2-4,6-7,9-10H,5,8,11H2,1H3,(H,27,28). The molecule has 0 fully saturated rings. The molecule has 0 saturated carbocycles. The molecule has 0 aliphatic carbocycles. The Morgan fingerprint density at radius 3 is 2.63 bits per heavy atom. The van der Waals surface area contributed by atoms with Gasteiger partial charge in [-0.1, -0.05) is 12.1 Å². The van der Waals surface area contributed by atoms with Crippen molar-refractivity contribution in [3.8, 4) is 17.2 Å². The first-order chi connectivity index (χ1) is 14.1. The number of aromatic nitrogens is 1. The average Bonchev–Trinajstić information content (AvgIpc) is 3.05. The van der Waals surface area contributed by atoms with Gasteiger partial charge in [0.15, 0.2) is 5.76 Å². The normalized spacial score (nSPS) is 11.5. The fourth-order valence-electron chi connectivity index (χ4n) is 2.75. The van der Waals surface area contributed by atoms with Gasteiger partial charge in [0, 0.05) is 12.0 Å². The van der Waals surface area contributed by atoms with Crippen LogP contribution in [0.5, 0.6) is 5.75 Å². The van der Waals surface area contributed by atoms with E-state index < -0.39 is 23.5 Å². The van der Waals surface area contributed by atoms with E-state index in [0.29, 0.717) is 29.7 Å². The summed E-state index contributed by atoms with van der Waals surface area (Å²) in [6, 6.07) is 9.38. The number of oxazole rings is 1. The van der Waals surface area contributed by atoms with Gasteiger partial charge in [0.05, 0.1) is 11.3 Å². The Hall–Kier alpha value is -3.36. The Bertz CT molecular complexity index is 1060. The summed E-state index contributed by atoms with van der Waals surface area (Å²) < 4.78 is 63.1. The second-order valence-corrected chi connectivity index (χ2v) is 6.55. The van der Waals surface area contributed by atoms with Crippen LogP contribution in [0.25, 0.3) is 11.5 Å². The van der Waals surface area contributed by atoms with Crippen LogP contribution in [0.15, 0.2) is 46.9 Å². The monoisotopic (exact) mass is 423 g/mol. The fourth-order valence-corrected chi connectivity index (χ4v) is 2.75. The number of carboxylic acids is 1. The van der Waals surface area contributed by atoms with E-state index in [4.69, 9.17) is 14.3 Å². The van der Waals surface area contributed by atoms with E-state index in [1.54, 1.807) is 31.2 Å². The Morgan fingerprint density at radius 2 is 1.97 bits per heavy atom. The maximum absolute atomic E-state index is 13.8. The lowest BCUT2D eigenvalue weighted by Crippen LogP contribution is -2.07. The minimum absolute atomic E-state index is 0.00227. The van der Waals surface area contributed by atoms with Gasteiger partial charge in [-0.2, -0.15) is 13.2 Å². The largest absolute Gasteiger partial charge is 0.486 e. The number of hydrogen-bond donors (Lipinski definition) is 1. The first kappa shape index (κ1) is 21.4. The third-order valence-corrected chi connectivity index (χ3v) is 4.31. The number of rotatable bonds is 7. The zero-order valence-electron chi connectivity index (χ0n) is 15.8. The van der Waals surface area contributed by atoms with Gasteiger partial charge in [-0.15, -0.1) is 0 Å². The number of aryl methyl sites for hydroxylation is 2. The van der Waals surface area contributed by atoms with Crippen LogP contribution in [0.3, 0.4) is 0 Å². The molecular formula is C21H17F4NO4. The van der Waals surface area contributed by atoms with Crippen molar-refractivity contribution in [2.24, 2.45) is 0 Å². The summed E-state index contributed by atoms with van der Waals surface area (Å²) >= 11 is 0. The molecule has 2 aromatic carbocycles. The predicted molar refractivity (Wildman–Crippen MR) is 98.4 cm³/mol. The van der Waals surface area contributed by atoms with Crippen LogP contribution in [-0.2, 0) is 24.0 Å². The second-order valence-electron chi connectivity index (χ2n) is 6.55. The second kappa shape index (κ2) is 8.56. The van der Waals surface area contributed by atoms with E-state index in [9.17, 15) is 22.4 Å². The number of carbonyl (C=O) groups is 1. The molecule has 0 unspecified atom stereocenters. The van der Waals surface area contributed by atoms with Crippen LogP contribution in [0.4, 0.5) is 17.6 Å². The van der Waals surface area contributed by atoms with E-state index in [1.165, 1.54) is 0 Å². The summed E-state index contributed by atoms with van der Waals surface area (Å²) in [6.45, 7) is 1.62. The van der Waals surface area contributed by atoms with Gasteiger partial charge in [-0.25, -0.2) is 9.37 Å². The van der Waals surface area contributed by atoms with E-state index in [0.717, 1.165) is 17.7 Å². The van der Waals surface area contributed by atoms with Gasteiger partial charge >= 0.3 is 12.1 Å². The van der Waals surface area contributed by atoms with Crippen molar-refractivity contribution < 1.29 is 36.6 Å². The van der Waals surface area contributed by atoms with Gasteiger partial charge in [0.2, 0.25) is 5.89 Å². The molecule has 0 amide bonds. The highest BCUT2D eigenvalue weighted by atomic mass is 19.4. The molecule has 9 heteroatoms. The van der Waals surface area contributed by atoms with Crippen molar-refractivity contribution >= 4 is 5.97 Å². The molecule has 0 atom stereocenters. The smallest absolute Gasteiger partial charge is 0.419 e. The Balaban J connectivity index is 1.72. The molecule has 1 aromatic heterocycles. The number of nitrogens with zero attached hydrogens (tertiary/aromatic N) is 1. The van der Waals surface area contributed by atoms with Crippen LogP contribution in [0, 0.1) is 12.7 Å². The summed E-state index contributed by atoms with van der Waals surface area (Å²) in [7, 11) is 0. The molecular weight excluding hydrogens is 406 g/mol. The van der Waals surface area contributed by atoms with Gasteiger partial charge in [-0.3, -0.25) is 4.79 Å². The Kier molecular flexibility index (Phi) is 6.09. The molecule has 1 heterocycles. The Labute approximate surface area is 168 Å². The number of halogens is 4. The van der Waals surface area contributed by atoms with Crippen LogP contribution in [0.2, 0.25) is 0 Å². The number of hydrogen-bond acceptors (Lipinski definition) is 4. The Morgan fingerprint density at radius 1 is 1.20 bits per heavy atom. The van der Waals surface area contributed by atoms with Gasteiger partial charge < -0.3 is 14.3 Å². The number of benzene rings is 2. The zero-order valence-corrected chi connectivity index (χ0v) is 15.8. The quantitative estimate of drug-likeness (QED) is 0.515. The molecule has 0 saturated heterocycles. The van der Waals surface area contributed by atoms with Crippen molar-refractivity contribution in [1.29, 1.82) is 0 Å². The highest BCUT2D eigenvalue weighted by Gasteiger charge is 2.34. The summed E-state index contributed by atoms with van der Waals surface area (Å²) in [5, 5.41) is 8.77. The molecule has 158 valence electrons. The molecule has 0 radical (unpaired) electrons. The molecule has 0 spiro atoms. The van der Waals surface area contributed by atoms with Gasteiger partial charge in [-0.05, 0) is 49.2 Å². The third-order valence-electron chi connectivity index (χ3n) is 4.31. The summed E-state index contributed by atoms with van der Waals surface area (Å²) in [4.78, 5) is 14.8. The molecule has 3 aromatic rings. The number of aliphatic carboxylic acids is 1. The summed E-state index contributed by atoms with van der Waals surface area (Å²) in [5.41, 5.74) is -0.0381. The lowest BCUT2D eigenvalue weighted by atomic mass is 10.1. The van der Waals surface area contributed by atoms with Crippen molar-refractivity contribution in [2.45, 2.75) is 32.5 Å². The predicted octanol–water partition coefficient (Wildman–Crippen LogP) is 5.40. The van der Waals surface area contributed by atoms with E-state index in [-0.39, 0.29) is 24.5 Å². The minimum Gasteiger partial charge on any atom is -0.486 e. The van der Waals surface area contributed by atoms with Crippen LogP contribution < -0.4 is 4.74 Å². The number of alkyl halides is 3. The average molecular weight is 423 g/mol. The van der Waals surface area contributed by atoms with Crippen molar-refractivity contribution in [3.05, 3.63) is 70.9 Å². The lowest BCUT2D eigenvalue weighted by Gasteiger charge is -2.08. The SMILES string of the molecule is Cc1nc(-c2ccc(C(F)(F)F)c(F)c2)oc1COc1cccc(CCC(=O)O)c1. The summed E-state index contributed by atoms with van der Waals surface area (Å²) in [6.07, 6.45) is -4.43. The molecule has 0 bridgehead atoms. The van der Waals surface area contributed by atoms with Crippen LogP contribution in [-0.4, -0.2) is 16.1 Å². The molecule has 0 aliphatic rings. The van der Waals surface area contributed by atoms with Gasteiger partial charge in [0.25, 0.3) is 0 Å². The topological polar surface area (TPSA) is 72.6 Å². The van der Waals surface area contributed by atoms with Crippen LogP contribution in [0.1, 0.15) is 29.0 Å². The van der Waals surface area contributed by atoms with Gasteiger partial charge in [0.1, 0.15) is 18.2 Å². The molecule has 3 rings (SSSR count). The van der Waals surface area contributed by atoms with E-state index >= 15 is 0 Å². The van der Waals surface area contributed by atoms with E-state index in [1.807, 2.05) is 0 Å². The van der Waals surface area contributed by atoms with Crippen LogP contribution >= 0.6 is 0 Å². The van der Waals surface area contributed by atoms with Crippen molar-refractivity contribution in [3.63, 3.8) is 0 Å². The first-order valence-corrected chi connectivity index (χ1v) is 8.90. The third kappa shape index (κ3) is 5.16. The maximum atomic E-state index is 13.8. The summed E-state index contributed by atoms with van der Waals surface area (Å²) in [5.74, 6) is -1.50. The molecule has 5 nitrogen and oxygen atoms in total. The molecule has 0 aliphatic heterocycles. The highest BCUT2D eigenvalue weighted by Crippen LogP contribution is 2.33. The number of ether oxygens (including phenoxy) is 1. The minimum atomic E-state index is -4.78. The first-order valence-electron chi connectivity index (χ1n) is 8.90. The fraction of sp³-hybridized carbons (Fsp3) is 0.238. The highest BCUT2D eigenvalue weighted by molar-refractivity contribution is 5.67. The van der Waals surface area contributed by atoms with Crippen molar-refractivity contribution in [2.75, 3.05) is 0 Å². The lowest BCUT2D eigenvalue weighted by molar-refractivity contribution is -0.140. The zero-order chi connectivity index (χ0) is 21.9. The molecule has 30 heavy (non-hydrogen) atoms. The maximum Gasteiger partial charge on any atom is 0.419 e. The van der Waals surface area contributed by atoms with E-state index in [2.05, 4.69) is 4.98 Å². The number of carboxylic acid groups (broad SMARTS) is 1. The molecule has 1 N–H and O–H groups in total. The van der Waals surface area contributed by atoms with Crippen molar-refractivity contribution in [1.82, 2.24) is 4.98 Å².